The molecule has 3 nitrogen and oxygen atoms in total. The van der Waals surface area contributed by atoms with E-state index < -0.39 is 0 Å². The highest BCUT2D eigenvalue weighted by Gasteiger charge is 2.16. The summed E-state index contributed by atoms with van der Waals surface area (Å²) in [7, 11) is 2.18. The molecule has 1 atom stereocenters. The van der Waals surface area contributed by atoms with E-state index in [2.05, 4.69) is 11.9 Å². The van der Waals surface area contributed by atoms with Crippen molar-refractivity contribution in [2.45, 2.75) is 25.7 Å². The average molecular weight is 201 g/mol. The van der Waals surface area contributed by atoms with Crippen molar-refractivity contribution in [3.05, 3.63) is 0 Å². The first-order valence-corrected chi connectivity index (χ1v) is 5.70. The second-order valence-electron chi connectivity index (χ2n) is 4.28. The van der Waals surface area contributed by atoms with Crippen LogP contribution in [0.5, 0.6) is 0 Å². The molecule has 0 aromatic heterocycles. The van der Waals surface area contributed by atoms with Crippen molar-refractivity contribution < 1.29 is 9.84 Å². The second-order valence-corrected chi connectivity index (χ2v) is 4.28. The molecule has 14 heavy (non-hydrogen) atoms. The highest BCUT2D eigenvalue weighted by Crippen LogP contribution is 2.13. The van der Waals surface area contributed by atoms with Crippen LogP contribution in [-0.4, -0.2) is 50.0 Å². The molecule has 0 amide bonds. The largest absolute Gasteiger partial charge is 0.396 e. The van der Waals surface area contributed by atoms with Gasteiger partial charge in [-0.3, -0.25) is 0 Å². The Balaban J connectivity index is 1.95. The number of aliphatic hydroxyl groups is 1. The number of ether oxygens (including phenoxy) is 1. The minimum absolute atomic E-state index is 0.334. The predicted octanol–water partition coefficient (Wildman–Crippen LogP) is 1.12. The van der Waals surface area contributed by atoms with Crippen molar-refractivity contribution in [1.82, 2.24) is 4.90 Å². The fourth-order valence-electron chi connectivity index (χ4n) is 1.93. The van der Waals surface area contributed by atoms with Crippen molar-refractivity contribution in [3.63, 3.8) is 0 Å². The van der Waals surface area contributed by atoms with Crippen LogP contribution in [0.25, 0.3) is 0 Å². The lowest BCUT2D eigenvalue weighted by Crippen LogP contribution is -2.26. The van der Waals surface area contributed by atoms with Crippen LogP contribution in [0.1, 0.15) is 25.7 Å². The molecule has 0 aromatic carbocycles. The Kier molecular flexibility index (Phi) is 6.15. The van der Waals surface area contributed by atoms with Gasteiger partial charge in [-0.25, -0.2) is 0 Å². The minimum atomic E-state index is 0.334. The molecule has 1 aliphatic rings. The predicted molar refractivity (Wildman–Crippen MR) is 57.4 cm³/mol. The SMILES string of the molecule is CN(CCCCCO)CC1CCOC1. The molecular weight excluding hydrogens is 178 g/mol. The van der Waals surface area contributed by atoms with Gasteiger partial charge in [0.25, 0.3) is 0 Å². The fraction of sp³-hybridized carbons (Fsp3) is 1.00. The number of aliphatic hydroxyl groups excluding tert-OH is 1. The molecule has 1 heterocycles. The summed E-state index contributed by atoms with van der Waals surface area (Å²) in [6.45, 7) is 4.54. The van der Waals surface area contributed by atoms with Crippen LogP contribution in [0.4, 0.5) is 0 Å². The maximum atomic E-state index is 8.63. The van der Waals surface area contributed by atoms with Crippen LogP contribution >= 0.6 is 0 Å². The summed E-state index contributed by atoms with van der Waals surface area (Å²) in [4.78, 5) is 2.39. The summed E-state index contributed by atoms with van der Waals surface area (Å²) in [5, 5.41) is 8.63. The summed E-state index contributed by atoms with van der Waals surface area (Å²) in [5.41, 5.74) is 0. The standard InChI is InChI=1S/C11H23NO2/c1-12(6-3-2-4-7-13)9-11-5-8-14-10-11/h11,13H,2-10H2,1H3. The Labute approximate surface area is 87.1 Å². The second kappa shape index (κ2) is 7.21. The summed E-state index contributed by atoms with van der Waals surface area (Å²) in [5.74, 6) is 0.748. The van der Waals surface area contributed by atoms with Gasteiger partial charge in [0.1, 0.15) is 0 Å². The molecule has 0 bridgehead atoms. The quantitative estimate of drug-likeness (QED) is 0.626. The van der Waals surface area contributed by atoms with E-state index in [-0.39, 0.29) is 0 Å². The van der Waals surface area contributed by atoms with E-state index >= 15 is 0 Å². The number of hydrogen-bond acceptors (Lipinski definition) is 3. The van der Waals surface area contributed by atoms with Gasteiger partial charge in [-0.1, -0.05) is 0 Å². The van der Waals surface area contributed by atoms with Gasteiger partial charge in [-0.2, -0.15) is 0 Å². The van der Waals surface area contributed by atoms with E-state index in [0.717, 1.165) is 38.5 Å². The Morgan fingerprint density at radius 1 is 1.36 bits per heavy atom. The Bertz CT molecular complexity index is 135. The topological polar surface area (TPSA) is 32.7 Å². The van der Waals surface area contributed by atoms with Gasteiger partial charge < -0.3 is 14.7 Å². The van der Waals surface area contributed by atoms with Gasteiger partial charge in [-0.15, -0.1) is 0 Å². The number of hydrogen-bond donors (Lipinski definition) is 1. The number of nitrogens with zero attached hydrogens (tertiary/aromatic N) is 1. The fourth-order valence-corrected chi connectivity index (χ4v) is 1.93. The zero-order valence-electron chi connectivity index (χ0n) is 9.24. The van der Waals surface area contributed by atoms with Gasteiger partial charge in [0.05, 0.1) is 6.61 Å². The summed E-state index contributed by atoms with van der Waals surface area (Å²) < 4.78 is 5.34. The molecular formula is C11H23NO2. The Hall–Kier alpha value is -0.120. The van der Waals surface area contributed by atoms with Crippen LogP contribution in [0.2, 0.25) is 0 Å². The van der Waals surface area contributed by atoms with Gasteiger partial charge in [0.2, 0.25) is 0 Å². The normalized spacial score (nSPS) is 22.1. The maximum Gasteiger partial charge on any atom is 0.0507 e. The van der Waals surface area contributed by atoms with Crippen LogP contribution in [-0.2, 0) is 4.74 Å². The molecule has 3 heteroatoms. The van der Waals surface area contributed by atoms with Gasteiger partial charge >= 0.3 is 0 Å². The lowest BCUT2D eigenvalue weighted by Gasteiger charge is -2.19. The third kappa shape index (κ3) is 4.94. The van der Waals surface area contributed by atoms with Crippen molar-refractivity contribution in [1.29, 1.82) is 0 Å². The van der Waals surface area contributed by atoms with Crippen LogP contribution in [0, 0.1) is 5.92 Å². The Morgan fingerprint density at radius 3 is 2.86 bits per heavy atom. The van der Waals surface area contributed by atoms with Crippen LogP contribution < -0.4 is 0 Å². The van der Waals surface area contributed by atoms with E-state index in [9.17, 15) is 0 Å². The van der Waals surface area contributed by atoms with E-state index in [1.165, 1.54) is 19.4 Å². The van der Waals surface area contributed by atoms with E-state index in [1.807, 2.05) is 0 Å². The van der Waals surface area contributed by atoms with Crippen molar-refractivity contribution in [3.8, 4) is 0 Å². The molecule has 0 radical (unpaired) electrons. The number of rotatable bonds is 7. The smallest absolute Gasteiger partial charge is 0.0507 e. The summed E-state index contributed by atoms with van der Waals surface area (Å²) in [6.07, 6.45) is 4.51. The molecule has 1 saturated heterocycles. The molecule has 1 unspecified atom stereocenters. The molecule has 0 aromatic rings. The average Bonchev–Trinajstić information content (AvgIpc) is 2.65. The molecule has 1 N–H and O–H groups in total. The van der Waals surface area contributed by atoms with Crippen molar-refractivity contribution in [2.75, 3.05) is 40.0 Å². The first kappa shape index (κ1) is 12.0. The highest BCUT2D eigenvalue weighted by molar-refractivity contribution is 4.67. The maximum absolute atomic E-state index is 8.63. The summed E-state index contributed by atoms with van der Waals surface area (Å²) >= 11 is 0. The number of unbranched alkanes of at least 4 members (excludes halogenated alkanes) is 2. The summed E-state index contributed by atoms with van der Waals surface area (Å²) in [6, 6.07) is 0. The lowest BCUT2D eigenvalue weighted by molar-refractivity contribution is 0.173. The minimum Gasteiger partial charge on any atom is -0.396 e. The third-order valence-corrected chi connectivity index (χ3v) is 2.79. The van der Waals surface area contributed by atoms with Gasteiger partial charge in [-0.05, 0) is 45.2 Å². The zero-order chi connectivity index (χ0) is 10.2. The zero-order valence-corrected chi connectivity index (χ0v) is 9.24. The van der Waals surface area contributed by atoms with E-state index in [4.69, 9.17) is 9.84 Å². The third-order valence-electron chi connectivity index (χ3n) is 2.79. The highest BCUT2D eigenvalue weighted by atomic mass is 16.5. The molecule has 0 aliphatic carbocycles. The monoisotopic (exact) mass is 201 g/mol. The lowest BCUT2D eigenvalue weighted by atomic mass is 10.1. The van der Waals surface area contributed by atoms with E-state index in [0.29, 0.717) is 6.61 Å². The molecule has 0 spiro atoms. The van der Waals surface area contributed by atoms with Crippen LogP contribution in [0.3, 0.4) is 0 Å². The molecule has 84 valence electrons. The Morgan fingerprint density at radius 2 is 2.21 bits per heavy atom. The molecule has 0 saturated carbocycles. The van der Waals surface area contributed by atoms with Crippen molar-refractivity contribution in [2.24, 2.45) is 5.92 Å². The van der Waals surface area contributed by atoms with E-state index in [1.54, 1.807) is 0 Å². The molecule has 1 fully saturated rings. The van der Waals surface area contributed by atoms with Crippen LogP contribution in [0.15, 0.2) is 0 Å². The van der Waals surface area contributed by atoms with Gasteiger partial charge in [0, 0.05) is 19.8 Å². The van der Waals surface area contributed by atoms with Crippen molar-refractivity contribution >= 4 is 0 Å². The molecule has 1 aliphatic heterocycles. The first-order valence-electron chi connectivity index (χ1n) is 5.70. The molecule has 1 rings (SSSR count). The first-order chi connectivity index (χ1) is 6.83. The van der Waals surface area contributed by atoms with Gasteiger partial charge in [0.15, 0.2) is 0 Å².